The summed E-state index contributed by atoms with van der Waals surface area (Å²) in [7, 11) is 0. The Hall–Kier alpha value is -3.89. The fraction of sp³-hybridized carbons (Fsp3) is 0.320. The summed E-state index contributed by atoms with van der Waals surface area (Å²) in [6, 6.07) is 6.39. The summed E-state index contributed by atoms with van der Waals surface area (Å²) in [5.74, 6) is -1.48. The molecule has 0 saturated heterocycles. The number of pyridine rings is 1. The SMILES string of the molecule is O=C1C(n2cc(C3CC=CC(=Nc4ccncc4)C3)nn2)CCc2c(F)cccc2N1CC(F)(F)F. The number of fused-ring (bicyclic) bond motifs is 1. The molecule has 0 saturated carbocycles. The van der Waals surface area contributed by atoms with Crippen LogP contribution in [0.5, 0.6) is 0 Å². The topological polar surface area (TPSA) is 76.3 Å². The predicted molar refractivity (Wildman–Crippen MR) is 125 cm³/mol. The number of benzene rings is 1. The number of allylic oxidation sites excluding steroid dienone is 2. The van der Waals surface area contributed by atoms with Gasteiger partial charge in [-0.3, -0.25) is 14.8 Å². The molecule has 0 spiro atoms. The van der Waals surface area contributed by atoms with E-state index < -0.39 is 30.5 Å². The van der Waals surface area contributed by atoms with Crippen molar-refractivity contribution in [1.82, 2.24) is 20.0 Å². The first kappa shape index (κ1) is 23.8. The van der Waals surface area contributed by atoms with Gasteiger partial charge in [0, 0.05) is 35.8 Å². The van der Waals surface area contributed by atoms with Gasteiger partial charge in [-0.05, 0) is 56.0 Å². The highest BCUT2D eigenvalue weighted by Gasteiger charge is 2.40. The van der Waals surface area contributed by atoms with Crippen molar-refractivity contribution in [3.8, 4) is 0 Å². The minimum Gasteiger partial charge on any atom is -0.301 e. The summed E-state index contributed by atoms with van der Waals surface area (Å²) >= 11 is 0. The highest BCUT2D eigenvalue weighted by atomic mass is 19.4. The van der Waals surface area contributed by atoms with Crippen molar-refractivity contribution < 1.29 is 22.4 Å². The van der Waals surface area contributed by atoms with E-state index in [1.165, 1.54) is 22.9 Å². The quantitative estimate of drug-likeness (QED) is 0.469. The van der Waals surface area contributed by atoms with Crippen LogP contribution >= 0.6 is 0 Å². The first-order valence-corrected chi connectivity index (χ1v) is 11.5. The Morgan fingerprint density at radius 3 is 2.72 bits per heavy atom. The number of aromatic nitrogens is 4. The molecule has 5 rings (SSSR count). The van der Waals surface area contributed by atoms with Crippen molar-refractivity contribution in [2.45, 2.75) is 43.8 Å². The minimum atomic E-state index is -4.65. The fourth-order valence-corrected chi connectivity index (χ4v) is 4.63. The summed E-state index contributed by atoms with van der Waals surface area (Å²) in [6.07, 6.45) is 5.66. The van der Waals surface area contributed by atoms with Gasteiger partial charge in [0.1, 0.15) is 18.4 Å². The maximum absolute atomic E-state index is 14.5. The third-order valence-corrected chi connectivity index (χ3v) is 6.33. The van der Waals surface area contributed by atoms with E-state index in [1.807, 2.05) is 12.2 Å². The van der Waals surface area contributed by atoms with Crippen LogP contribution in [0.4, 0.5) is 28.9 Å². The number of hydrogen-bond acceptors (Lipinski definition) is 5. The summed E-state index contributed by atoms with van der Waals surface area (Å²) in [5.41, 5.74) is 2.26. The Balaban J connectivity index is 1.40. The average Bonchev–Trinajstić information content (AvgIpc) is 3.29. The number of nitrogens with zero attached hydrogens (tertiary/aromatic N) is 6. The van der Waals surface area contributed by atoms with E-state index in [0.717, 1.165) is 11.4 Å². The van der Waals surface area contributed by atoms with Crippen LogP contribution < -0.4 is 4.90 Å². The Kier molecular flexibility index (Phi) is 6.38. The Morgan fingerprint density at radius 1 is 1.14 bits per heavy atom. The molecule has 2 unspecified atom stereocenters. The first-order valence-electron chi connectivity index (χ1n) is 11.5. The molecule has 3 aromatic rings. The number of anilines is 1. The molecule has 0 radical (unpaired) electrons. The lowest BCUT2D eigenvalue weighted by Crippen LogP contribution is -2.42. The molecule has 0 fully saturated rings. The van der Waals surface area contributed by atoms with Gasteiger partial charge in [-0.25, -0.2) is 9.07 Å². The lowest BCUT2D eigenvalue weighted by atomic mass is 9.90. The van der Waals surface area contributed by atoms with Crippen LogP contribution in [-0.2, 0) is 11.2 Å². The normalized spacial score (nSPS) is 21.5. The molecule has 186 valence electrons. The summed E-state index contributed by atoms with van der Waals surface area (Å²) < 4.78 is 55.9. The van der Waals surface area contributed by atoms with Gasteiger partial charge < -0.3 is 4.90 Å². The highest BCUT2D eigenvalue weighted by molar-refractivity contribution is 5.98. The van der Waals surface area contributed by atoms with Crippen molar-refractivity contribution in [3.63, 3.8) is 0 Å². The average molecular weight is 498 g/mol. The largest absolute Gasteiger partial charge is 0.406 e. The van der Waals surface area contributed by atoms with Crippen molar-refractivity contribution in [3.05, 3.63) is 78.1 Å². The van der Waals surface area contributed by atoms with Crippen LogP contribution in [0, 0.1) is 5.82 Å². The Morgan fingerprint density at radius 2 is 1.94 bits per heavy atom. The summed E-state index contributed by atoms with van der Waals surface area (Å²) in [4.78, 5) is 22.5. The molecule has 2 aliphatic rings. The smallest absolute Gasteiger partial charge is 0.301 e. The van der Waals surface area contributed by atoms with Gasteiger partial charge in [0.05, 0.1) is 17.1 Å². The molecule has 0 N–H and O–H groups in total. The van der Waals surface area contributed by atoms with Gasteiger partial charge in [0.15, 0.2) is 0 Å². The number of carbonyl (C=O) groups excluding carboxylic acids is 1. The molecule has 1 aliphatic heterocycles. The zero-order valence-electron chi connectivity index (χ0n) is 19.1. The van der Waals surface area contributed by atoms with Crippen LogP contribution in [0.2, 0.25) is 0 Å². The molecule has 7 nitrogen and oxygen atoms in total. The lowest BCUT2D eigenvalue weighted by Gasteiger charge is -2.26. The lowest BCUT2D eigenvalue weighted by molar-refractivity contribution is -0.134. The van der Waals surface area contributed by atoms with E-state index in [4.69, 9.17) is 0 Å². The van der Waals surface area contributed by atoms with Crippen LogP contribution in [0.15, 0.2) is 66.1 Å². The first-order chi connectivity index (χ1) is 17.3. The predicted octanol–water partition coefficient (Wildman–Crippen LogP) is 5.10. The van der Waals surface area contributed by atoms with Gasteiger partial charge in [-0.15, -0.1) is 5.10 Å². The van der Waals surface area contributed by atoms with Crippen molar-refractivity contribution >= 4 is 23.0 Å². The van der Waals surface area contributed by atoms with Gasteiger partial charge in [-0.2, -0.15) is 13.2 Å². The minimum absolute atomic E-state index is 0.0499. The van der Waals surface area contributed by atoms with Crippen LogP contribution in [0.25, 0.3) is 0 Å². The maximum atomic E-state index is 14.5. The van der Waals surface area contributed by atoms with Gasteiger partial charge in [0.25, 0.3) is 5.91 Å². The van der Waals surface area contributed by atoms with Gasteiger partial charge >= 0.3 is 6.18 Å². The molecule has 11 heteroatoms. The van der Waals surface area contributed by atoms with Gasteiger partial charge in [0.2, 0.25) is 0 Å². The number of rotatable bonds is 4. The monoisotopic (exact) mass is 498 g/mol. The van der Waals surface area contributed by atoms with Crippen molar-refractivity contribution in [1.29, 1.82) is 0 Å². The molecule has 0 bridgehead atoms. The summed E-state index contributed by atoms with van der Waals surface area (Å²) in [5, 5.41) is 8.34. The van der Waals surface area contributed by atoms with E-state index in [2.05, 4.69) is 20.3 Å². The third kappa shape index (κ3) is 5.05. The molecule has 3 heterocycles. The van der Waals surface area contributed by atoms with E-state index in [-0.39, 0.29) is 30.0 Å². The number of carbonyl (C=O) groups is 1. The molecular formula is C25H22F4N6O. The molecule has 2 aromatic heterocycles. The third-order valence-electron chi connectivity index (χ3n) is 6.33. The van der Waals surface area contributed by atoms with Crippen LogP contribution in [0.1, 0.15) is 42.5 Å². The standard InChI is InChI=1S/C25H22F4N6O/c26-20-5-2-6-22-19(20)7-8-23(24(36)34(22)15-25(27,28)29)35-14-21(32-33-35)16-3-1-4-18(13-16)31-17-9-11-30-12-10-17/h1-2,4-6,9-12,14,16,23H,3,7-8,13,15H2. The maximum Gasteiger partial charge on any atom is 0.406 e. The fourth-order valence-electron chi connectivity index (χ4n) is 4.63. The number of alkyl halides is 3. The zero-order chi connectivity index (χ0) is 25.3. The second-order valence-electron chi connectivity index (χ2n) is 8.80. The number of aliphatic imine (C=N–C) groups is 1. The molecule has 1 amide bonds. The molecule has 36 heavy (non-hydrogen) atoms. The Bertz CT molecular complexity index is 1320. The number of hydrogen-bond donors (Lipinski definition) is 0. The molecular weight excluding hydrogens is 476 g/mol. The highest BCUT2D eigenvalue weighted by Crippen LogP contribution is 2.35. The van der Waals surface area contributed by atoms with E-state index in [0.29, 0.717) is 23.4 Å². The van der Waals surface area contributed by atoms with E-state index >= 15 is 0 Å². The summed E-state index contributed by atoms with van der Waals surface area (Å²) in [6.45, 7) is -1.51. The van der Waals surface area contributed by atoms with E-state index in [1.54, 1.807) is 30.7 Å². The molecule has 1 aliphatic carbocycles. The Labute approximate surface area is 204 Å². The van der Waals surface area contributed by atoms with Crippen molar-refractivity contribution in [2.24, 2.45) is 4.99 Å². The van der Waals surface area contributed by atoms with Gasteiger partial charge in [-0.1, -0.05) is 17.4 Å². The molecule has 2 atom stereocenters. The second kappa shape index (κ2) is 9.63. The number of amides is 1. The van der Waals surface area contributed by atoms with Crippen LogP contribution in [0.3, 0.4) is 0 Å². The van der Waals surface area contributed by atoms with Crippen molar-refractivity contribution in [2.75, 3.05) is 11.4 Å². The second-order valence-corrected chi connectivity index (χ2v) is 8.80. The number of halogens is 4. The zero-order valence-corrected chi connectivity index (χ0v) is 19.1. The van der Waals surface area contributed by atoms with E-state index in [9.17, 15) is 22.4 Å². The van der Waals surface area contributed by atoms with Crippen LogP contribution in [-0.4, -0.2) is 44.3 Å². The molecule has 1 aromatic carbocycles.